The Hall–Kier alpha value is -1.85. The average molecular weight is 226 g/mol. The number of nitrogens with one attached hydrogen (secondary N) is 1. The standard InChI is InChI=1S/C10H14N2O4/c1-6(2)8-5-7(12-16-8)10(15)11-4-3-9(13)14/h5-6H,3-4H2,1-2H3,(H,11,15)(H,13,14). The van der Waals surface area contributed by atoms with Crippen molar-refractivity contribution in [2.75, 3.05) is 6.54 Å². The maximum atomic E-state index is 11.4. The Bertz CT molecular complexity index is 384. The van der Waals surface area contributed by atoms with Crippen molar-refractivity contribution in [3.63, 3.8) is 0 Å². The summed E-state index contributed by atoms with van der Waals surface area (Å²) in [6.45, 7) is 3.93. The first-order chi connectivity index (χ1) is 7.50. The molecule has 1 heterocycles. The molecular weight excluding hydrogens is 212 g/mol. The summed E-state index contributed by atoms with van der Waals surface area (Å²) in [5.74, 6) is -0.586. The van der Waals surface area contributed by atoms with E-state index in [1.165, 1.54) is 0 Å². The lowest BCUT2D eigenvalue weighted by Crippen LogP contribution is -2.26. The minimum absolute atomic E-state index is 0.0814. The van der Waals surface area contributed by atoms with Crippen molar-refractivity contribution in [3.05, 3.63) is 17.5 Å². The first-order valence-electron chi connectivity index (χ1n) is 4.97. The third-order valence-corrected chi connectivity index (χ3v) is 1.95. The van der Waals surface area contributed by atoms with Gasteiger partial charge in [-0.05, 0) is 0 Å². The van der Waals surface area contributed by atoms with Gasteiger partial charge in [0, 0.05) is 18.5 Å². The van der Waals surface area contributed by atoms with Crippen LogP contribution in [0.3, 0.4) is 0 Å². The van der Waals surface area contributed by atoms with E-state index in [4.69, 9.17) is 9.63 Å². The molecule has 0 radical (unpaired) electrons. The number of nitrogens with zero attached hydrogens (tertiary/aromatic N) is 1. The van der Waals surface area contributed by atoms with Crippen LogP contribution in [0.5, 0.6) is 0 Å². The van der Waals surface area contributed by atoms with Gasteiger partial charge >= 0.3 is 5.97 Å². The molecule has 6 nitrogen and oxygen atoms in total. The number of amides is 1. The number of carboxylic acids is 1. The molecule has 0 saturated heterocycles. The zero-order valence-corrected chi connectivity index (χ0v) is 9.19. The number of hydrogen-bond donors (Lipinski definition) is 2. The lowest BCUT2D eigenvalue weighted by molar-refractivity contribution is -0.136. The van der Waals surface area contributed by atoms with Crippen LogP contribution in [0.15, 0.2) is 10.6 Å². The van der Waals surface area contributed by atoms with Gasteiger partial charge in [-0.3, -0.25) is 9.59 Å². The van der Waals surface area contributed by atoms with Crippen molar-refractivity contribution < 1.29 is 19.2 Å². The summed E-state index contributed by atoms with van der Waals surface area (Å²) < 4.78 is 4.95. The quantitative estimate of drug-likeness (QED) is 0.781. The minimum Gasteiger partial charge on any atom is -0.481 e. The van der Waals surface area contributed by atoms with E-state index in [0.717, 1.165) is 0 Å². The van der Waals surface area contributed by atoms with E-state index < -0.39 is 11.9 Å². The molecule has 0 aliphatic carbocycles. The summed E-state index contributed by atoms with van der Waals surface area (Å²) in [4.78, 5) is 21.7. The van der Waals surface area contributed by atoms with Crippen LogP contribution in [0.25, 0.3) is 0 Å². The van der Waals surface area contributed by atoms with Crippen LogP contribution in [0.1, 0.15) is 42.4 Å². The average Bonchev–Trinajstić information content (AvgIpc) is 2.65. The van der Waals surface area contributed by atoms with E-state index in [0.29, 0.717) is 5.76 Å². The molecular formula is C10H14N2O4. The number of carbonyl (C=O) groups is 2. The van der Waals surface area contributed by atoms with E-state index in [1.807, 2.05) is 13.8 Å². The zero-order valence-electron chi connectivity index (χ0n) is 9.19. The van der Waals surface area contributed by atoms with Gasteiger partial charge in [0.2, 0.25) is 0 Å². The monoisotopic (exact) mass is 226 g/mol. The molecule has 1 amide bonds. The van der Waals surface area contributed by atoms with Crippen molar-refractivity contribution in [2.24, 2.45) is 0 Å². The fourth-order valence-electron chi connectivity index (χ4n) is 1.04. The number of aliphatic carboxylic acids is 1. The predicted molar refractivity (Wildman–Crippen MR) is 55.2 cm³/mol. The van der Waals surface area contributed by atoms with Crippen LogP contribution in [0, 0.1) is 0 Å². The second-order valence-corrected chi connectivity index (χ2v) is 3.67. The fourth-order valence-corrected chi connectivity index (χ4v) is 1.04. The molecule has 88 valence electrons. The summed E-state index contributed by atoms with van der Waals surface area (Å²) in [6, 6.07) is 1.56. The number of hydrogen-bond acceptors (Lipinski definition) is 4. The van der Waals surface area contributed by atoms with Gasteiger partial charge in [-0.25, -0.2) is 0 Å². The molecule has 0 unspecified atom stereocenters. The van der Waals surface area contributed by atoms with Crippen LogP contribution in [0.2, 0.25) is 0 Å². The molecule has 0 atom stereocenters. The molecule has 1 rings (SSSR count). The predicted octanol–water partition coefficient (Wildman–Crippen LogP) is 1.00. The van der Waals surface area contributed by atoms with Gasteiger partial charge in [0.1, 0.15) is 5.76 Å². The minimum atomic E-state index is -0.955. The topological polar surface area (TPSA) is 92.4 Å². The molecule has 0 fully saturated rings. The Morgan fingerprint density at radius 3 is 2.75 bits per heavy atom. The van der Waals surface area contributed by atoms with Crippen LogP contribution < -0.4 is 5.32 Å². The molecule has 2 N–H and O–H groups in total. The zero-order chi connectivity index (χ0) is 12.1. The molecule has 0 bridgehead atoms. The first-order valence-corrected chi connectivity index (χ1v) is 4.97. The second kappa shape index (κ2) is 5.29. The van der Waals surface area contributed by atoms with Gasteiger partial charge in [0.05, 0.1) is 6.42 Å². The van der Waals surface area contributed by atoms with Crippen molar-refractivity contribution >= 4 is 11.9 Å². The highest BCUT2D eigenvalue weighted by atomic mass is 16.5. The highest BCUT2D eigenvalue weighted by Gasteiger charge is 2.13. The van der Waals surface area contributed by atoms with E-state index >= 15 is 0 Å². The maximum Gasteiger partial charge on any atom is 0.305 e. The lowest BCUT2D eigenvalue weighted by atomic mass is 10.1. The Morgan fingerprint density at radius 2 is 2.25 bits per heavy atom. The largest absolute Gasteiger partial charge is 0.481 e. The normalized spacial score (nSPS) is 10.4. The van der Waals surface area contributed by atoms with Crippen molar-refractivity contribution in [3.8, 4) is 0 Å². The number of aromatic nitrogens is 1. The molecule has 1 aromatic heterocycles. The third kappa shape index (κ3) is 3.38. The smallest absolute Gasteiger partial charge is 0.305 e. The summed E-state index contributed by atoms with van der Waals surface area (Å²) in [5.41, 5.74) is 0.175. The second-order valence-electron chi connectivity index (χ2n) is 3.67. The molecule has 0 saturated carbocycles. The van der Waals surface area contributed by atoms with Crippen LogP contribution in [-0.4, -0.2) is 28.7 Å². The molecule has 1 aromatic rings. The van der Waals surface area contributed by atoms with Gasteiger partial charge < -0.3 is 14.9 Å². The van der Waals surface area contributed by atoms with Crippen LogP contribution in [-0.2, 0) is 4.79 Å². The van der Waals surface area contributed by atoms with Gasteiger partial charge in [-0.1, -0.05) is 19.0 Å². The molecule has 0 aliphatic heterocycles. The molecule has 0 spiro atoms. The van der Waals surface area contributed by atoms with Gasteiger partial charge in [0.25, 0.3) is 5.91 Å². The lowest BCUT2D eigenvalue weighted by Gasteiger charge is -1.98. The highest BCUT2D eigenvalue weighted by molar-refractivity contribution is 5.92. The summed E-state index contributed by atoms with van der Waals surface area (Å²) in [6.07, 6.45) is -0.110. The van der Waals surface area contributed by atoms with Gasteiger partial charge in [0.15, 0.2) is 5.69 Å². The molecule has 0 aliphatic rings. The van der Waals surface area contributed by atoms with Gasteiger partial charge in [-0.15, -0.1) is 0 Å². The third-order valence-electron chi connectivity index (χ3n) is 1.95. The number of carbonyl (C=O) groups excluding carboxylic acids is 1. The SMILES string of the molecule is CC(C)c1cc(C(=O)NCCC(=O)O)no1. The molecule has 6 heteroatoms. The van der Waals surface area contributed by atoms with Crippen molar-refractivity contribution in [2.45, 2.75) is 26.2 Å². The maximum absolute atomic E-state index is 11.4. The number of carboxylic acid groups (broad SMARTS) is 1. The Balaban J connectivity index is 2.49. The van der Waals surface area contributed by atoms with E-state index in [9.17, 15) is 9.59 Å². The Kier molecular flexibility index (Phi) is 4.04. The molecule has 16 heavy (non-hydrogen) atoms. The fraction of sp³-hybridized carbons (Fsp3) is 0.500. The first kappa shape index (κ1) is 12.2. The summed E-state index contributed by atoms with van der Waals surface area (Å²) in [7, 11) is 0. The van der Waals surface area contributed by atoms with E-state index in [2.05, 4.69) is 10.5 Å². The Morgan fingerprint density at radius 1 is 1.56 bits per heavy atom. The Labute approximate surface area is 92.6 Å². The van der Waals surface area contributed by atoms with Crippen LogP contribution >= 0.6 is 0 Å². The molecule has 0 aromatic carbocycles. The van der Waals surface area contributed by atoms with Gasteiger partial charge in [-0.2, -0.15) is 0 Å². The van der Waals surface area contributed by atoms with Crippen LogP contribution in [0.4, 0.5) is 0 Å². The summed E-state index contributed by atoms with van der Waals surface area (Å²) in [5, 5.41) is 14.4. The number of rotatable bonds is 5. The van der Waals surface area contributed by atoms with Crippen molar-refractivity contribution in [1.82, 2.24) is 10.5 Å². The highest BCUT2D eigenvalue weighted by Crippen LogP contribution is 2.14. The van der Waals surface area contributed by atoms with E-state index in [1.54, 1.807) is 6.07 Å². The summed E-state index contributed by atoms with van der Waals surface area (Å²) >= 11 is 0. The van der Waals surface area contributed by atoms with E-state index in [-0.39, 0.29) is 24.6 Å². The van der Waals surface area contributed by atoms with Crippen molar-refractivity contribution in [1.29, 1.82) is 0 Å².